The third kappa shape index (κ3) is 6.33. The van der Waals surface area contributed by atoms with Crippen molar-refractivity contribution in [1.82, 2.24) is 24.8 Å². The molecule has 35 heavy (non-hydrogen) atoms. The van der Waals surface area contributed by atoms with Crippen molar-refractivity contribution in [2.75, 3.05) is 38.7 Å². The Balaban J connectivity index is 1.36. The molecule has 0 saturated carbocycles. The number of nitrogens with zero attached hydrogens (tertiary/aromatic N) is 6. The van der Waals surface area contributed by atoms with E-state index in [9.17, 15) is 13.2 Å². The fourth-order valence-electron chi connectivity index (χ4n) is 4.16. The van der Waals surface area contributed by atoms with E-state index in [1.165, 1.54) is 4.90 Å². The van der Waals surface area contributed by atoms with Crippen LogP contribution in [0.3, 0.4) is 0 Å². The van der Waals surface area contributed by atoms with E-state index in [4.69, 9.17) is 4.98 Å². The van der Waals surface area contributed by atoms with Crippen molar-refractivity contribution < 1.29 is 13.2 Å². The smallest absolute Gasteiger partial charge is 0.369 e. The summed E-state index contributed by atoms with van der Waals surface area (Å²) in [5.41, 5.74) is 0.581. The Morgan fingerprint density at radius 1 is 1.17 bits per heavy atom. The molecule has 0 bridgehead atoms. The van der Waals surface area contributed by atoms with Crippen LogP contribution >= 0.6 is 0 Å². The van der Waals surface area contributed by atoms with Crippen molar-refractivity contribution in [2.45, 2.75) is 19.0 Å². The first-order chi connectivity index (χ1) is 16.8. The summed E-state index contributed by atoms with van der Waals surface area (Å²) < 4.78 is 38.7. The van der Waals surface area contributed by atoms with E-state index < -0.39 is 11.9 Å². The lowest BCUT2D eigenvalue weighted by Crippen LogP contribution is -2.40. The highest BCUT2D eigenvalue weighted by atomic mass is 19.4. The minimum absolute atomic E-state index is 0.401. The molecule has 0 spiro atoms. The number of halogens is 3. The third-order valence-electron chi connectivity index (χ3n) is 6.00. The number of fused-ring (bicyclic) bond motifs is 1. The average Bonchev–Trinajstić information content (AvgIpc) is 2.86. The van der Waals surface area contributed by atoms with E-state index >= 15 is 0 Å². The highest BCUT2D eigenvalue weighted by Crippen LogP contribution is 2.27. The number of likely N-dealkylation sites (tertiary alicyclic amines) is 1. The molecule has 0 aliphatic carbocycles. The standard InChI is InChI=1S/C25H28F3N7/c1-29-21(25(26,27)28)16-34(2)17-35-13-10-18(11-14-35)15-31-24-20-9-6-12-30-23(20)32-22(33-24)19-7-4-3-5-8-19/h3-9,12,16,18H,1,10-11,13-15,17H2,2H3,(H,30,31,32,33)/b21-16-. The Labute approximate surface area is 202 Å². The summed E-state index contributed by atoms with van der Waals surface area (Å²) in [4.78, 5) is 20.6. The minimum atomic E-state index is -4.50. The highest BCUT2D eigenvalue weighted by Gasteiger charge is 2.33. The Morgan fingerprint density at radius 2 is 1.91 bits per heavy atom. The number of pyridine rings is 1. The first-order valence-corrected chi connectivity index (χ1v) is 11.4. The van der Waals surface area contributed by atoms with Gasteiger partial charge in [0.15, 0.2) is 17.2 Å². The molecule has 0 radical (unpaired) electrons. The van der Waals surface area contributed by atoms with Gasteiger partial charge in [0, 0.05) is 44.6 Å². The lowest BCUT2D eigenvalue weighted by atomic mass is 9.97. The number of hydrogen-bond acceptors (Lipinski definition) is 7. The molecule has 1 N–H and O–H groups in total. The van der Waals surface area contributed by atoms with Gasteiger partial charge in [-0.15, -0.1) is 0 Å². The fourth-order valence-corrected chi connectivity index (χ4v) is 4.16. The molecule has 0 atom stereocenters. The second-order valence-electron chi connectivity index (χ2n) is 8.65. The molecule has 1 aliphatic rings. The van der Waals surface area contributed by atoms with Crippen LogP contribution in [0.25, 0.3) is 22.4 Å². The zero-order valence-corrected chi connectivity index (χ0v) is 19.5. The number of rotatable bonds is 8. The normalized spacial score (nSPS) is 15.8. The average molecular weight is 484 g/mol. The molecular formula is C25H28F3N7. The lowest BCUT2D eigenvalue weighted by Gasteiger charge is -2.34. The second kappa shape index (κ2) is 10.8. The van der Waals surface area contributed by atoms with Crippen LogP contribution in [0, 0.1) is 5.92 Å². The molecule has 1 saturated heterocycles. The number of allylic oxidation sites excluding steroid dienone is 1. The molecule has 184 valence electrons. The van der Waals surface area contributed by atoms with Crippen LogP contribution in [-0.4, -0.2) is 71.0 Å². The van der Waals surface area contributed by atoms with Crippen LogP contribution < -0.4 is 5.32 Å². The largest absolute Gasteiger partial charge is 0.434 e. The topological polar surface area (TPSA) is 69.5 Å². The number of nitrogens with one attached hydrogen (secondary N) is 1. The number of piperidine rings is 1. The van der Waals surface area contributed by atoms with E-state index in [-0.39, 0.29) is 0 Å². The van der Waals surface area contributed by atoms with Crippen LogP contribution in [0.2, 0.25) is 0 Å². The molecule has 1 aromatic carbocycles. The van der Waals surface area contributed by atoms with Gasteiger partial charge < -0.3 is 10.2 Å². The zero-order chi connectivity index (χ0) is 24.8. The van der Waals surface area contributed by atoms with Gasteiger partial charge in [0.1, 0.15) is 5.82 Å². The molecule has 2 aromatic heterocycles. The molecule has 1 fully saturated rings. The van der Waals surface area contributed by atoms with Crippen LogP contribution in [-0.2, 0) is 0 Å². The number of aromatic nitrogens is 3. The summed E-state index contributed by atoms with van der Waals surface area (Å²) in [7, 11) is 1.61. The van der Waals surface area contributed by atoms with Crippen LogP contribution in [0.1, 0.15) is 12.8 Å². The molecule has 7 nitrogen and oxygen atoms in total. The number of benzene rings is 1. The Hall–Kier alpha value is -3.53. The van der Waals surface area contributed by atoms with Crippen molar-refractivity contribution in [3.05, 3.63) is 60.6 Å². The first-order valence-electron chi connectivity index (χ1n) is 11.4. The fraction of sp³-hybridized carbons (Fsp3) is 0.360. The van der Waals surface area contributed by atoms with E-state index in [0.29, 0.717) is 24.1 Å². The molecule has 1 aliphatic heterocycles. The van der Waals surface area contributed by atoms with E-state index in [2.05, 4.69) is 31.9 Å². The van der Waals surface area contributed by atoms with Gasteiger partial charge in [-0.2, -0.15) is 13.2 Å². The summed E-state index contributed by atoms with van der Waals surface area (Å²) in [6, 6.07) is 13.6. The van der Waals surface area contributed by atoms with E-state index in [1.807, 2.05) is 42.5 Å². The minimum Gasteiger partial charge on any atom is -0.369 e. The van der Waals surface area contributed by atoms with Crippen LogP contribution in [0.15, 0.2) is 65.6 Å². The van der Waals surface area contributed by atoms with Crippen molar-refractivity contribution in [2.24, 2.45) is 10.9 Å². The summed E-state index contributed by atoms with van der Waals surface area (Å²) in [6.45, 7) is 5.77. The molecular weight excluding hydrogens is 455 g/mol. The van der Waals surface area contributed by atoms with Crippen molar-refractivity contribution in [1.29, 1.82) is 0 Å². The molecule has 3 heterocycles. The maximum atomic E-state index is 12.9. The van der Waals surface area contributed by atoms with Crippen LogP contribution in [0.4, 0.5) is 19.0 Å². The van der Waals surface area contributed by atoms with Gasteiger partial charge in [-0.25, -0.2) is 15.0 Å². The predicted octanol–water partition coefficient (Wildman–Crippen LogP) is 4.81. The zero-order valence-electron chi connectivity index (χ0n) is 19.5. The second-order valence-corrected chi connectivity index (χ2v) is 8.65. The van der Waals surface area contributed by atoms with Crippen LogP contribution in [0.5, 0.6) is 0 Å². The van der Waals surface area contributed by atoms with Gasteiger partial charge in [-0.05, 0) is 37.6 Å². The summed E-state index contributed by atoms with van der Waals surface area (Å²) in [5, 5.41) is 4.37. The molecule has 4 rings (SSSR count). The first kappa shape index (κ1) is 24.6. The van der Waals surface area contributed by atoms with Gasteiger partial charge >= 0.3 is 6.18 Å². The number of alkyl halides is 3. The summed E-state index contributed by atoms with van der Waals surface area (Å²) >= 11 is 0. The Kier molecular flexibility index (Phi) is 7.60. The number of aliphatic imine (C=N–C) groups is 1. The number of anilines is 1. The summed E-state index contributed by atoms with van der Waals surface area (Å²) in [5.74, 6) is 1.80. The molecule has 0 unspecified atom stereocenters. The predicted molar refractivity (Wildman–Crippen MR) is 132 cm³/mol. The Bertz CT molecular complexity index is 1170. The van der Waals surface area contributed by atoms with Gasteiger partial charge in [-0.1, -0.05) is 30.3 Å². The monoisotopic (exact) mass is 483 g/mol. The van der Waals surface area contributed by atoms with E-state index in [1.54, 1.807) is 13.2 Å². The maximum absolute atomic E-state index is 12.9. The molecule has 10 heteroatoms. The van der Waals surface area contributed by atoms with E-state index in [0.717, 1.165) is 55.4 Å². The van der Waals surface area contributed by atoms with Gasteiger partial charge in [0.05, 0.1) is 12.1 Å². The maximum Gasteiger partial charge on any atom is 0.434 e. The highest BCUT2D eigenvalue weighted by molar-refractivity contribution is 5.87. The SMILES string of the molecule is C=N/C(=C\N(C)CN1CCC(CNc2nc(-c3ccccc3)nc3ncccc23)CC1)C(F)(F)F. The quantitative estimate of drug-likeness (QED) is 0.464. The van der Waals surface area contributed by atoms with Gasteiger partial charge in [-0.3, -0.25) is 9.89 Å². The van der Waals surface area contributed by atoms with Crippen molar-refractivity contribution >= 4 is 23.6 Å². The third-order valence-corrected chi connectivity index (χ3v) is 6.00. The van der Waals surface area contributed by atoms with Gasteiger partial charge in [0.25, 0.3) is 0 Å². The van der Waals surface area contributed by atoms with Gasteiger partial charge in [0.2, 0.25) is 0 Å². The summed E-state index contributed by atoms with van der Waals surface area (Å²) in [6.07, 6.45) is 0.0833. The molecule has 0 amide bonds. The Morgan fingerprint density at radius 3 is 2.60 bits per heavy atom. The van der Waals surface area contributed by atoms with Crippen molar-refractivity contribution in [3.63, 3.8) is 0 Å². The number of hydrogen-bond donors (Lipinski definition) is 1. The van der Waals surface area contributed by atoms with Crippen molar-refractivity contribution in [3.8, 4) is 11.4 Å². The molecule has 3 aromatic rings. The lowest BCUT2D eigenvalue weighted by molar-refractivity contribution is -0.0934.